The fourth-order valence-corrected chi connectivity index (χ4v) is 7.43. The summed E-state index contributed by atoms with van der Waals surface area (Å²) in [7, 11) is -1.78. The first-order valence-corrected chi connectivity index (χ1v) is 12.7. The predicted molar refractivity (Wildman–Crippen MR) is 117 cm³/mol. The van der Waals surface area contributed by atoms with Crippen molar-refractivity contribution in [3.05, 3.63) is 46.1 Å². The van der Waals surface area contributed by atoms with Crippen LogP contribution in [0.1, 0.15) is 38.2 Å². The third-order valence-electron chi connectivity index (χ3n) is 5.25. The molecule has 0 saturated carbocycles. The van der Waals surface area contributed by atoms with E-state index in [4.69, 9.17) is 0 Å². The second-order valence-corrected chi connectivity index (χ2v) is 11.6. The van der Waals surface area contributed by atoms with Gasteiger partial charge in [0.15, 0.2) is 4.80 Å². The lowest BCUT2D eigenvalue weighted by atomic mass is 10.0. The largest absolute Gasteiger partial charge is 0.319 e. The number of aryl methyl sites for hydroxylation is 1. The summed E-state index contributed by atoms with van der Waals surface area (Å²) < 4.78 is 30.4. The monoisotopic (exact) mass is 449 g/mol. The fraction of sp³-hybridized carbons (Fsp3) is 0.400. The van der Waals surface area contributed by atoms with E-state index in [1.165, 1.54) is 32.5 Å². The second kappa shape index (κ2) is 7.79. The number of thiophene rings is 1. The van der Waals surface area contributed by atoms with Crippen LogP contribution in [0.5, 0.6) is 0 Å². The van der Waals surface area contributed by atoms with E-state index >= 15 is 0 Å². The van der Waals surface area contributed by atoms with Crippen molar-refractivity contribution in [3.63, 3.8) is 0 Å². The molecular weight excluding hydrogens is 426 g/mol. The smallest absolute Gasteiger partial charge is 0.266 e. The summed E-state index contributed by atoms with van der Waals surface area (Å²) in [4.78, 5) is 17.9. The first kappa shape index (κ1) is 20.5. The molecule has 1 amide bonds. The number of carbonyl (C=O) groups is 1. The maximum absolute atomic E-state index is 13.0. The highest BCUT2D eigenvalue weighted by atomic mass is 32.2. The van der Waals surface area contributed by atoms with Gasteiger partial charge in [0.2, 0.25) is 0 Å². The quantitative estimate of drug-likeness (QED) is 0.610. The van der Waals surface area contributed by atoms with Gasteiger partial charge in [-0.3, -0.25) is 4.79 Å². The molecule has 6 nitrogen and oxygen atoms in total. The second-order valence-electron chi connectivity index (χ2n) is 7.48. The molecule has 3 heterocycles. The Balaban J connectivity index is 1.69. The van der Waals surface area contributed by atoms with E-state index in [1.807, 2.05) is 17.7 Å². The molecular formula is C20H23N3O3S3. The number of hydrogen-bond donors (Lipinski definition) is 0. The number of rotatable bonds is 4. The van der Waals surface area contributed by atoms with Gasteiger partial charge < -0.3 is 4.57 Å². The minimum Gasteiger partial charge on any atom is -0.319 e. The van der Waals surface area contributed by atoms with Crippen molar-refractivity contribution in [2.24, 2.45) is 12.0 Å². The first-order chi connectivity index (χ1) is 13.8. The molecule has 0 radical (unpaired) electrons. The van der Waals surface area contributed by atoms with E-state index < -0.39 is 22.0 Å². The Kier molecular flexibility index (Phi) is 5.50. The van der Waals surface area contributed by atoms with E-state index in [0.717, 1.165) is 10.2 Å². The molecule has 9 heteroatoms. The maximum atomic E-state index is 13.0. The molecule has 3 aromatic rings. The molecule has 1 aliphatic rings. The lowest BCUT2D eigenvalue weighted by molar-refractivity contribution is -0.121. The summed E-state index contributed by atoms with van der Waals surface area (Å²) in [5.74, 6) is 0.0252. The van der Waals surface area contributed by atoms with Crippen LogP contribution in [-0.4, -0.2) is 35.8 Å². The SMILES string of the molecule is CC(C)c1ccc2c(c1)sc(=NC(=O)C1CCCN1S(=O)(=O)c1cccs1)n2C. The van der Waals surface area contributed by atoms with Gasteiger partial charge in [0.05, 0.1) is 10.2 Å². The Morgan fingerprint density at radius 3 is 2.76 bits per heavy atom. The minimum atomic E-state index is -3.66. The van der Waals surface area contributed by atoms with Gasteiger partial charge in [-0.15, -0.1) is 11.3 Å². The van der Waals surface area contributed by atoms with Crippen LogP contribution >= 0.6 is 22.7 Å². The van der Waals surface area contributed by atoms with E-state index in [9.17, 15) is 13.2 Å². The molecule has 4 rings (SSSR count). The topological polar surface area (TPSA) is 71.7 Å². The Morgan fingerprint density at radius 1 is 1.28 bits per heavy atom. The summed E-state index contributed by atoms with van der Waals surface area (Å²) in [6.45, 7) is 4.64. The molecule has 1 aromatic carbocycles. The zero-order chi connectivity index (χ0) is 20.8. The van der Waals surface area contributed by atoms with Crippen LogP contribution in [0.2, 0.25) is 0 Å². The molecule has 0 aliphatic carbocycles. The Labute approximate surface area is 178 Å². The van der Waals surface area contributed by atoms with Gasteiger partial charge in [0.25, 0.3) is 15.9 Å². The molecule has 1 saturated heterocycles. The number of benzene rings is 1. The van der Waals surface area contributed by atoms with Crippen LogP contribution in [0, 0.1) is 0 Å². The minimum absolute atomic E-state index is 0.269. The molecule has 154 valence electrons. The summed E-state index contributed by atoms with van der Waals surface area (Å²) in [6.07, 6.45) is 1.16. The third-order valence-corrected chi connectivity index (χ3v) is 9.63. The van der Waals surface area contributed by atoms with E-state index in [2.05, 4.69) is 31.0 Å². The van der Waals surface area contributed by atoms with Crippen molar-refractivity contribution >= 4 is 48.8 Å². The highest BCUT2D eigenvalue weighted by molar-refractivity contribution is 7.91. The number of sulfonamides is 1. The van der Waals surface area contributed by atoms with Crippen LogP contribution in [0.25, 0.3) is 10.2 Å². The highest BCUT2D eigenvalue weighted by Crippen LogP contribution is 2.29. The molecule has 1 aliphatic heterocycles. The Morgan fingerprint density at radius 2 is 2.07 bits per heavy atom. The molecule has 0 spiro atoms. The van der Waals surface area contributed by atoms with Crippen LogP contribution in [0.3, 0.4) is 0 Å². The van der Waals surface area contributed by atoms with Crippen molar-refractivity contribution < 1.29 is 13.2 Å². The number of thiazole rings is 1. The summed E-state index contributed by atoms with van der Waals surface area (Å²) >= 11 is 2.63. The first-order valence-electron chi connectivity index (χ1n) is 9.52. The number of nitrogens with zero attached hydrogens (tertiary/aromatic N) is 3. The normalized spacial score (nSPS) is 18.9. The van der Waals surface area contributed by atoms with Gasteiger partial charge in [-0.05, 0) is 47.9 Å². The average Bonchev–Trinajstić information content (AvgIpc) is 3.42. The van der Waals surface area contributed by atoms with Gasteiger partial charge in [-0.1, -0.05) is 37.3 Å². The molecule has 1 fully saturated rings. The summed E-state index contributed by atoms with van der Waals surface area (Å²) in [5, 5.41) is 1.73. The maximum Gasteiger partial charge on any atom is 0.266 e. The molecule has 1 atom stereocenters. The van der Waals surface area contributed by atoms with Gasteiger partial charge in [0.1, 0.15) is 10.3 Å². The van der Waals surface area contributed by atoms with Crippen LogP contribution in [0.4, 0.5) is 0 Å². The Bertz CT molecular complexity index is 1220. The number of fused-ring (bicyclic) bond motifs is 1. The van der Waals surface area contributed by atoms with Crippen molar-refractivity contribution in [1.29, 1.82) is 0 Å². The Hall–Kier alpha value is -1.81. The summed E-state index contributed by atoms with van der Waals surface area (Å²) in [6, 6.07) is 8.83. The molecule has 29 heavy (non-hydrogen) atoms. The van der Waals surface area contributed by atoms with Crippen LogP contribution < -0.4 is 4.80 Å². The lowest BCUT2D eigenvalue weighted by Crippen LogP contribution is -2.40. The zero-order valence-electron chi connectivity index (χ0n) is 16.5. The molecule has 0 N–H and O–H groups in total. The third kappa shape index (κ3) is 3.72. The number of amides is 1. The van der Waals surface area contributed by atoms with E-state index in [1.54, 1.807) is 17.5 Å². The van der Waals surface area contributed by atoms with Gasteiger partial charge in [-0.25, -0.2) is 8.42 Å². The van der Waals surface area contributed by atoms with Crippen molar-refractivity contribution in [2.45, 2.75) is 42.9 Å². The number of aromatic nitrogens is 1. The van der Waals surface area contributed by atoms with Crippen LogP contribution in [-0.2, 0) is 21.9 Å². The van der Waals surface area contributed by atoms with E-state index in [0.29, 0.717) is 30.1 Å². The number of carbonyl (C=O) groups excluding carboxylic acids is 1. The van der Waals surface area contributed by atoms with E-state index in [-0.39, 0.29) is 4.21 Å². The number of hydrogen-bond acceptors (Lipinski definition) is 5. The molecule has 1 unspecified atom stereocenters. The molecule has 2 aromatic heterocycles. The predicted octanol–water partition coefficient (Wildman–Crippen LogP) is 3.71. The fourth-order valence-electron chi connectivity index (χ4n) is 3.59. The van der Waals surface area contributed by atoms with Crippen LogP contribution in [0.15, 0.2) is 44.9 Å². The molecule has 0 bridgehead atoms. The lowest BCUT2D eigenvalue weighted by Gasteiger charge is -2.20. The standard InChI is InChI=1S/C20H23N3O3S3/c1-13(2)14-8-9-15-17(12-14)28-20(22(15)3)21-19(24)16-6-4-10-23(16)29(25,26)18-7-5-11-27-18/h5,7-9,11-13,16H,4,6,10H2,1-3H3. The zero-order valence-corrected chi connectivity index (χ0v) is 19.0. The highest BCUT2D eigenvalue weighted by Gasteiger charge is 2.39. The average molecular weight is 450 g/mol. The van der Waals surface area contributed by atoms with Gasteiger partial charge >= 0.3 is 0 Å². The van der Waals surface area contributed by atoms with Gasteiger partial charge in [-0.2, -0.15) is 9.30 Å². The van der Waals surface area contributed by atoms with Crippen molar-refractivity contribution in [1.82, 2.24) is 8.87 Å². The summed E-state index contributed by atoms with van der Waals surface area (Å²) in [5.41, 5.74) is 2.25. The van der Waals surface area contributed by atoms with Gasteiger partial charge in [0, 0.05) is 13.6 Å². The van der Waals surface area contributed by atoms with Crippen molar-refractivity contribution in [3.8, 4) is 0 Å². The van der Waals surface area contributed by atoms with Crippen molar-refractivity contribution in [2.75, 3.05) is 6.54 Å².